The number of carbonyl (C=O) groups excluding carboxylic acids is 3. The minimum Gasteiger partial charge on any atom is -0.478 e. The number of nitrogens with zero attached hydrogens (tertiary/aromatic N) is 4. The van der Waals surface area contributed by atoms with E-state index >= 15 is 0 Å². The maximum Gasteiger partial charge on any atom is 0.488 e. The van der Waals surface area contributed by atoms with Gasteiger partial charge in [-0.05, 0) is 383 Å². The van der Waals surface area contributed by atoms with Crippen LogP contribution >= 0.6 is 102 Å². The van der Waals surface area contributed by atoms with Gasteiger partial charge < -0.3 is 62.7 Å². The molecule has 0 fully saturated rings. The Morgan fingerprint density at radius 3 is 1.18 bits per heavy atom. The van der Waals surface area contributed by atoms with E-state index in [0.717, 1.165) is 95.1 Å². The zero-order valence-corrected chi connectivity index (χ0v) is 88.9. The van der Waals surface area contributed by atoms with Gasteiger partial charge in [-0.1, -0.05) is 84.8 Å². The Hall–Kier alpha value is -15.0. The van der Waals surface area contributed by atoms with E-state index in [4.69, 9.17) is 59.2 Å². The lowest BCUT2D eigenvalue weighted by Crippen LogP contribution is -2.30. The lowest BCUT2D eigenvalue weighted by molar-refractivity contribution is 0.0517. The van der Waals surface area contributed by atoms with E-state index in [-0.39, 0.29) is 68.7 Å². The Labute approximate surface area is 899 Å². The number of pyridine rings is 6. The van der Waals surface area contributed by atoms with Crippen LogP contribution in [0.3, 0.4) is 0 Å². The topological polar surface area (TPSA) is 353 Å². The highest BCUT2D eigenvalue weighted by Crippen LogP contribution is 2.42. The van der Waals surface area contributed by atoms with Crippen LogP contribution in [-0.4, -0.2) is 95.9 Å². The highest BCUT2D eigenvalue weighted by molar-refractivity contribution is 14.1. The Morgan fingerprint density at radius 2 is 0.797 bits per heavy atom. The number of H-pyrrole nitrogens is 2. The average Bonchev–Trinajstić information content (AvgIpc) is 1.63. The lowest BCUT2D eigenvalue weighted by atomic mass is 9.80. The number of carboxylic acids is 1. The molecule has 20 rings (SSSR count). The normalized spacial score (nSPS) is 10.5. The number of rotatable bonds is 16. The van der Waals surface area contributed by atoms with Gasteiger partial charge in [0.2, 0.25) is 28.4 Å². The second-order valence-corrected chi connectivity index (χ2v) is 37.4. The van der Waals surface area contributed by atoms with Crippen LogP contribution in [0, 0.1) is 45.0 Å². The first kappa shape index (κ1) is 112. The van der Waals surface area contributed by atoms with Gasteiger partial charge in [-0.3, -0.25) is 9.59 Å². The molecule has 0 aliphatic heterocycles. The molecule has 0 aliphatic rings. The van der Waals surface area contributed by atoms with E-state index in [1.165, 1.54) is 90.5 Å². The fraction of sp³-hybridized carbons (Fsp3) is 0.0796. The summed E-state index contributed by atoms with van der Waals surface area (Å²) in [6.07, 6.45) is 14.9. The molecule has 0 spiro atoms. The first-order valence-electron chi connectivity index (χ1n) is 44.6. The van der Waals surface area contributed by atoms with Gasteiger partial charge in [-0.15, -0.1) is 6.42 Å². The summed E-state index contributed by atoms with van der Waals surface area (Å²) in [4.78, 5) is 89.7. The second kappa shape index (κ2) is 53.9. The number of carboxylic acid groups (broad SMARTS) is 1. The van der Waals surface area contributed by atoms with Crippen LogP contribution < -0.4 is 22.3 Å². The molecule has 7 N–H and O–H groups in total. The number of ether oxygens (including phenoxy) is 3. The molecule has 0 amide bonds. The van der Waals surface area contributed by atoms with Gasteiger partial charge in [0.15, 0.2) is 11.5 Å². The van der Waals surface area contributed by atoms with Crippen LogP contribution in [-0.2, 0) is 19.7 Å². The number of carbonyl (C=O) groups is 4. The van der Waals surface area contributed by atoms with E-state index in [2.05, 4.69) is 115 Å². The van der Waals surface area contributed by atoms with Crippen LogP contribution in [0.1, 0.15) is 87.2 Å². The number of fused-ring (bicyclic) bond motifs is 4. The number of hydrogen-bond acceptors (Lipinski definition) is 20. The molecule has 20 aromatic rings. The molecule has 0 aliphatic carbocycles. The number of nitrogens with one attached hydrogen (secondary N) is 2. The molecule has 10 heterocycles. The third-order valence-electron chi connectivity index (χ3n) is 20.8. The van der Waals surface area contributed by atoms with Crippen molar-refractivity contribution in [3.8, 4) is 91.0 Å². The number of nitrogens with two attached hydrogens (primary N) is 1. The monoisotopic (exact) mass is 2420 g/mol. The summed E-state index contributed by atoms with van der Waals surface area (Å²) >= 11 is 18.8. The van der Waals surface area contributed by atoms with E-state index in [1.54, 1.807) is 185 Å². The van der Waals surface area contributed by atoms with Gasteiger partial charge >= 0.3 is 31.0 Å². The van der Waals surface area contributed by atoms with Crippen molar-refractivity contribution in [3.05, 3.63) is 450 Å². The average molecular weight is 2430 g/mol. The van der Waals surface area contributed by atoms with Gasteiger partial charge in [0.25, 0.3) is 5.56 Å². The fourth-order valence-corrected chi connectivity index (χ4v) is 16.5. The molecule has 0 atom stereocenters. The molecule has 748 valence electrons. The minimum atomic E-state index is -1.57. The quantitative estimate of drug-likeness (QED) is 0.0131. The summed E-state index contributed by atoms with van der Waals surface area (Å²) in [6.45, 7) is 10.2. The standard InChI is InChI=1S/C22H15BrFNO3.C22H16FNO3.C20H11BrFNO3.C13H7BrFNO.C9H11BO4.C9H13N.C8H5F.C5H3BrINO.C5H4BrNO/c1-2-27-22(26)15-5-3-4-14(10-15)16-11-18-19(23)20(28-21(18)25-12-16)13-6-8-17(24)9-7-13;1-2-26-22(25)16-5-3-4-15(10-16)18-11-17-12-20(27-21(17)24-13-18)14-6-8-19(23)9-7-14;21-17-16-9-14(12-2-1-3-13(8-12)20(24)25)10-23-19(16)26-18(17)11-4-6-15(22)7-5-11;14-10-5-9-6-12(17-13(9)16-7-10)8-1-3-11(15)4-2-8;1-2-14-9(11)7-4-3-5-8(6-7)10(12)13;1-9(2,10)8-6-4-3-5-7-8;1-2-7-3-5-8(9)6-4-7;6-3-1-4(7)5(9)8-2-3;6-4-1-2-5(8)7-3-4/h3-12H,2H2,1H3;3-13H,2H2,1H3;1-10H,(H,24,25);1-7H;3-6,12-13H,2H2,1H3;3-7H,10H2,1-2H3;1,3-6H;1-2H,(H,8,9);1-3H,(H,7,8). The molecule has 0 saturated heterocycles. The van der Waals surface area contributed by atoms with Crippen molar-refractivity contribution >= 4 is 183 Å². The highest BCUT2D eigenvalue weighted by atomic mass is 127. The Morgan fingerprint density at radius 1 is 0.412 bits per heavy atom. The third-order valence-corrected chi connectivity index (χ3v) is 24.6. The van der Waals surface area contributed by atoms with E-state index in [1.807, 2.05) is 127 Å². The summed E-state index contributed by atoms with van der Waals surface area (Å²) in [5, 5.41) is 30.2. The summed E-state index contributed by atoms with van der Waals surface area (Å²) < 4.78 is 107. The number of hydrogen-bond donors (Lipinski definition) is 6. The fourth-order valence-electron chi connectivity index (χ4n) is 13.5. The van der Waals surface area contributed by atoms with Gasteiger partial charge in [-0.25, -0.2) is 61.1 Å². The van der Waals surface area contributed by atoms with Crippen LogP contribution in [0.15, 0.2) is 390 Å². The van der Waals surface area contributed by atoms with Crippen LogP contribution in [0.25, 0.3) is 123 Å². The summed E-state index contributed by atoms with van der Waals surface area (Å²) in [6, 6.07) is 83.8. The van der Waals surface area contributed by atoms with Gasteiger partial charge in [0.05, 0.1) is 65.4 Å². The zero-order chi connectivity index (χ0) is 106. The van der Waals surface area contributed by atoms with Crippen LogP contribution in [0.4, 0.5) is 22.0 Å². The number of furan rings is 4. The molecular formula is C113H85BBr5F5IN7O16. The van der Waals surface area contributed by atoms with Gasteiger partial charge in [0.1, 0.15) is 40.6 Å². The number of halogens is 11. The SMILES string of the molecule is C#Cc1ccc(F)cc1.CC(C)(N)c1ccccc1.CCOC(=O)c1cccc(-c2cnc3oc(-c4ccc(F)cc4)c(Br)c3c2)c1.CCOC(=O)c1cccc(-c2cnc3oc(-c4ccc(F)cc4)cc3c2)c1.CCOC(=O)c1cccc(B(O)O)c1.Fc1ccc(-c2cc3cc(Br)cnc3o2)cc1.O=C(O)c1cccc(-c2cnc3oc(-c4ccc(F)cc4)c(Br)c3c2)c1.O=c1[nH]cc(Br)cc1I.O=c1ccc(Br)c[nH]1. The number of benzene rings is 10. The molecule has 0 radical (unpaired) electrons. The minimum absolute atomic E-state index is 0.0428. The molecule has 0 bridgehead atoms. The predicted molar refractivity (Wildman–Crippen MR) is 588 cm³/mol. The third kappa shape index (κ3) is 32.0. The largest absolute Gasteiger partial charge is 0.488 e. The van der Waals surface area contributed by atoms with Crippen molar-refractivity contribution in [2.45, 2.75) is 40.2 Å². The van der Waals surface area contributed by atoms with Crippen LogP contribution in [0.5, 0.6) is 0 Å². The number of terminal acetylenes is 1. The summed E-state index contributed by atoms with van der Waals surface area (Å²) in [5.41, 5.74) is 19.2. The molecule has 10 aromatic carbocycles. The number of aromatic carboxylic acids is 1. The van der Waals surface area contributed by atoms with Crippen molar-refractivity contribution in [2.75, 3.05) is 19.8 Å². The molecular weight excluding hydrogens is 2340 g/mol. The molecule has 10 aromatic heterocycles. The highest BCUT2D eigenvalue weighted by Gasteiger charge is 2.22. The van der Waals surface area contributed by atoms with E-state index < -0.39 is 19.1 Å². The Kier molecular flexibility index (Phi) is 40.7. The first-order valence-corrected chi connectivity index (χ1v) is 49.7. The summed E-state index contributed by atoms with van der Waals surface area (Å²) in [5.74, 6) is 1.24. The van der Waals surface area contributed by atoms with Crippen molar-refractivity contribution in [3.63, 3.8) is 0 Å². The van der Waals surface area contributed by atoms with Crippen molar-refractivity contribution in [2.24, 2.45) is 5.73 Å². The second-order valence-electron chi connectivity index (χ2n) is 31.9. The van der Waals surface area contributed by atoms with Gasteiger partial charge in [-0.2, -0.15) is 0 Å². The number of aromatic amines is 2. The molecule has 0 unspecified atom stereocenters. The van der Waals surface area contributed by atoms with Crippen molar-refractivity contribution in [1.82, 2.24) is 29.9 Å². The number of aromatic nitrogens is 6. The van der Waals surface area contributed by atoms with Crippen molar-refractivity contribution in [1.29, 1.82) is 0 Å². The van der Waals surface area contributed by atoms with E-state index in [0.29, 0.717) is 96.0 Å². The molecule has 0 saturated carbocycles. The Balaban J connectivity index is 0.000000153. The maximum absolute atomic E-state index is 13.2. The molecule has 148 heavy (non-hydrogen) atoms. The first-order chi connectivity index (χ1) is 71.0. The van der Waals surface area contributed by atoms with Crippen LogP contribution in [0.2, 0.25) is 0 Å². The van der Waals surface area contributed by atoms with Crippen molar-refractivity contribution < 1.29 is 88.2 Å². The predicted octanol–water partition coefficient (Wildman–Crippen LogP) is 28.0. The zero-order valence-electron chi connectivity index (χ0n) is 78.8. The molecule has 23 nitrogen and oxygen atoms in total. The maximum atomic E-state index is 13.2. The Bertz CT molecular complexity index is 8160. The molecule has 35 heteroatoms. The lowest BCUT2D eigenvalue weighted by Gasteiger charge is -2.18. The smallest absolute Gasteiger partial charge is 0.478 e. The number of esters is 3. The van der Waals surface area contributed by atoms with E-state index in [9.17, 15) is 50.7 Å². The van der Waals surface area contributed by atoms with Gasteiger partial charge in [0, 0.05) is 117 Å². The summed E-state index contributed by atoms with van der Waals surface area (Å²) in [7, 11) is -1.57.